The molecular formula is C24H29N3O2. The van der Waals surface area contributed by atoms with Crippen molar-refractivity contribution in [3.05, 3.63) is 65.9 Å². The van der Waals surface area contributed by atoms with Gasteiger partial charge in [0.05, 0.1) is 0 Å². The van der Waals surface area contributed by atoms with Gasteiger partial charge in [-0.3, -0.25) is 4.79 Å². The van der Waals surface area contributed by atoms with Crippen molar-refractivity contribution < 1.29 is 9.21 Å². The number of piperidine rings is 1. The molecule has 29 heavy (non-hydrogen) atoms. The van der Waals surface area contributed by atoms with Crippen LogP contribution in [0.4, 0.5) is 0 Å². The normalized spacial score (nSPS) is 16.9. The lowest BCUT2D eigenvalue weighted by atomic mass is 9.96. The summed E-state index contributed by atoms with van der Waals surface area (Å²) in [6, 6.07) is 12.3. The van der Waals surface area contributed by atoms with E-state index in [-0.39, 0.29) is 5.91 Å². The number of likely N-dealkylation sites (tertiary alicyclic amines) is 1. The van der Waals surface area contributed by atoms with Gasteiger partial charge in [0.15, 0.2) is 0 Å². The summed E-state index contributed by atoms with van der Waals surface area (Å²) < 4.78 is 8.16. The van der Waals surface area contributed by atoms with Crippen LogP contribution in [0.3, 0.4) is 0 Å². The molecule has 0 radical (unpaired) electrons. The number of amides is 1. The Morgan fingerprint density at radius 3 is 2.83 bits per heavy atom. The highest BCUT2D eigenvalue weighted by molar-refractivity contribution is 5.76. The number of benzene rings is 1. The number of rotatable bonds is 6. The topological polar surface area (TPSA) is 51.3 Å². The molecule has 5 heteroatoms. The molecule has 1 atom stereocenters. The third-order valence-electron chi connectivity index (χ3n) is 5.81. The van der Waals surface area contributed by atoms with E-state index in [0.717, 1.165) is 55.4 Å². The summed E-state index contributed by atoms with van der Waals surface area (Å²) in [6.07, 6.45) is 7.14. The first-order chi connectivity index (χ1) is 14.1. The zero-order chi connectivity index (χ0) is 20.2. The van der Waals surface area contributed by atoms with E-state index in [1.165, 1.54) is 5.56 Å². The fourth-order valence-electron chi connectivity index (χ4n) is 4.14. The number of aryl methyl sites for hydroxylation is 3. The number of hydrogen-bond donors (Lipinski definition) is 0. The van der Waals surface area contributed by atoms with Crippen LogP contribution in [0.5, 0.6) is 0 Å². The van der Waals surface area contributed by atoms with Crippen LogP contribution in [0.25, 0.3) is 11.3 Å². The monoisotopic (exact) mass is 391 g/mol. The van der Waals surface area contributed by atoms with Gasteiger partial charge < -0.3 is 13.9 Å². The van der Waals surface area contributed by atoms with E-state index >= 15 is 0 Å². The number of carbonyl (C=O) groups is 1. The van der Waals surface area contributed by atoms with Crippen molar-refractivity contribution >= 4 is 5.91 Å². The van der Waals surface area contributed by atoms with Gasteiger partial charge in [0.1, 0.15) is 17.3 Å². The van der Waals surface area contributed by atoms with E-state index in [2.05, 4.69) is 47.7 Å². The molecule has 5 nitrogen and oxygen atoms in total. The van der Waals surface area contributed by atoms with Gasteiger partial charge >= 0.3 is 0 Å². The van der Waals surface area contributed by atoms with Gasteiger partial charge in [-0.05, 0) is 38.8 Å². The maximum absolute atomic E-state index is 12.8. The van der Waals surface area contributed by atoms with Crippen LogP contribution >= 0.6 is 0 Å². The molecule has 1 amide bonds. The van der Waals surface area contributed by atoms with Gasteiger partial charge in [0.2, 0.25) is 5.91 Å². The first-order valence-electron chi connectivity index (χ1n) is 10.6. The van der Waals surface area contributed by atoms with Gasteiger partial charge in [-0.2, -0.15) is 0 Å². The van der Waals surface area contributed by atoms with Crippen LogP contribution in [-0.4, -0.2) is 33.4 Å². The number of carbonyl (C=O) groups excluding carboxylic acids is 1. The number of furan rings is 1. The Morgan fingerprint density at radius 1 is 1.21 bits per heavy atom. The minimum atomic E-state index is 0.206. The van der Waals surface area contributed by atoms with Gasteiger partial charge in [0, 0.05) is 56.4 Å². The van der Waals surface area contributed by atoms with Gasteiger partial charge in [0.25, 0.3) is 0 Å². The van der Waals surface area contributed by atoms with Crippen LogP contribution < -0.4 is 0 Å². The molecule has 1 aliphatic heterocycles. The summed E-state index contributed by atoms with van der Waals surface area (Å²) in [4.78, 5) is 19.4. The van der Waals surface area contributed by atoms with Crippen molar-refractivity contribution in [2.24, 2.45) is 0 Å². The van der Waals surface area contributed by atoms with Crippen LogP contribution in [0.15, 0.2) is 53.2 Å². The van der Waals surface area contributed by atoms with Crippen LogP contribution in [0, 0.1) is 6.92 Å². The largest absolute Gasteiger partial charge is 0.461 e. The Bertz CT molecular complexity index is 955. The molecule has 1 fully saturated rings. The lowest BCUT2D eigenvalue weighted by Gasteiger charge is -2.32. The summed E-state index contributed by atoms with van der Waals surface area (Å²) in [5.74, 6) is 3.37. The average molecular weight is 392 g/mol. The highest BCUT2D eigenvalue weighted by Crippen LogP contribution is 2.27. The maximum Gasteiger partial charge on any atom is 0.223 e. The molecule has 0 spiro atoms. The highest BCUT2D eigenvalue weighted by atomic mass is 16.3. The maximum atomic E-state index is 12.8. The molecule has 0 bridgehead atoms. The zero-order valence-electron chi connectivity index (χ0n) is 17.3. The molecule has 0 N–H and O–H groups in total. The second-order valence-electron chi connectivity index (χ2n) is 7.88. The number of imidazole rings is 1. The fraction of sp³-hybridized carbons (Fsp3) is 0.417. The van der Waals surface area contributed by atoms with E-state index < -0.39 is 0 Å². The second-order valence-corrected chi connectivity index (χ2v) is 7.88. The predicted octanol–water partition coefficient (Wildman–Crippen LogP) is 4.81. The van der Waals surface area contributed by atoms with Gasteiger partial charge in [-0.15, -0.1) is 0 Å². The third-order valence-corrected chi connectivity index (χ3v) is 5.81. The van der Waals surface area contributed by atoms with E-state index in [4.69, 9.17) is 4.42 Å². The van der Waals surface area contributed by atoms with E-state index in [1.807, 2.05) is 29.4 Å². The quantitative estimate of drug-likeness (QED) is 0.606. The molecule has 4 rings (SSSR count). The molecular weight excluding hydrogens is 362 g/mol. The molecule has 0 aliphatic carbocycles. The highest BCUT2D eigenvalue weighted by Gasteiger charge is 2.27. The van der Waals surface area contributed by atoms with Crippen molar-refractivity contribution in [1.29, 1.82) is 0 Å². The Balaban J connectivity index is 1.34. The molecule has 2 aromatic heterocycles. The van der Waals surface area contributed by atoms with E-state index in [0.29, 0.717) is 18.8 Å². The smallest absolute Gasteiger partial charge is 0.223 e. The Kier molecular flexibility index (Phi) is 5.84. The average Bonchev–Trinajstić information content (AvgIpc) is 3.42. The first kappa shape index (κ1) is 19.5. The van der Waals surface area contributed by atoms with Crippen LogP contribution in [0.1, 0.15) is 49.3 Å². The predicted molar refractivity (Wildman–Crippen MR) is 114 cm³/mol. The fourth-order valence-corrected chi connectivity index (χ4v) is 4.14. The SMILES string of the molecule is CCn1ccnc1[C@@H]1CCCN(C(=O)CCc2ccc(-c3ccc(C)cc3)o2)C1. The molecule has 1 aromatic carbocycles. The summed E-state index contributed by atoms with van der Waals surface area (Å²) >= 11 is 0. The Morgan fingerprint density at radius 2 is 2.03 bits per heavy atom. The van der Waals surface area contributed by atoms with Gasteiger partial charge in [-0.25, -0.2) is 4.98 Å². The standard InChI is InChI=1S/C24H29N3O2/c1-3-26-16-14-25-24(26)20-5-4-15-27(17-20)23(28)13-11-21-10-12-22(29-21)19-8-6-18(2)7-9-19/h6-10,12,14,16,20H,3-5,11,13,15,17H2,1-2H3/t20-/m1/s1. The van der Waals surface area contributed by atoms with Crippen molar-refractivity contribution in [2.75, 3.05) is 13.1 Å². The van der Waals surface area contributed by atoms with E-state index in [1.54, 1.807) is 0 Å². The third kappa shape index (κ3) is 4.44. The Labute approximate surface area is 172 Å². The molecule has 152 valence electrons. The first-order valence-corrected chi connectivity index (χ1v) is 10.6. The zero-order valence-corrected chi connectivity index (χ0v) is 17.3. The molecule has 0 saturated carbocycles. The van der Waals surface area contributed by atoms with Crippen LogP contribution in [-0.2, 0) is 17.8 Å². The number of hydrogen-bond acceptors (Lipinski definition) is 3. The summed E-state index contributed by atoms with van der Waals surface area (Å²) in [5, 5.41) is 0. The second kappa shape index (κ2) is 8.68. The molecule has 0 unspecified atom stereocenters. The lowest BCUT2D eigenvalue weighted by molar-refractivity contribution is -0.132. The molecule has 3 aromatic rings. The summed E-state index contributed by atoms with van der Waals surface area (Å²) in [5.41, 5.74) is 2.30. The van der Waals surface area contributed by atoms with Gasteiger partial charge in [-0.1, -0.05) is 29.8 Å². The minimum Gasteiger partial charge on any atom is -0.461 e. The minimum absolute atomic E-state index is 0.206. The number of nitrogens with zero attached hydrogens (tertiary/aromatic N) is 3. The van der Waals surface area contributed by atoms with Crippen molar-refractivity contribution in [3.63, 3.8) is 0 Å². The molecule has 1 saturated heterocycles. The molecule has 1 aliphatic rings. The van der Waals surface area contributed by atoms with Crippen LogP contribution in [0.2, 0.25) is 0 Å². The summed E-state index contributed by atoms with van der Waals surface area (Å²) in [6.45, 7) is 6.73. The molecule has 3 heterocycles. The lowest BCUT2D eigenvalue weighted by Crippen LogP contribution is -2.39. The Hall–Kier alpha value is -2.82. The van der Waals surface area contributed by atoms with Crippen molar-refractivity contribution in [3.8, 4) is 11.3 Å². The van der Waals surface area contributed by atoms with Crippen molar-refractivity contribution in [1.82, 2.24) is 14.5 Å². The van der Waals surface area contributed by atoms with E-state index in [9.17, 15) is 4.79 Å². The summed E-state index contributed by atoms with van der Waals surface area (Å²) in [7, 11) is 0. The van der Waals surface area contributed by atoms with Crippen molar-refractivity contribution in [2.45, 2.75) is 52.0 Å². The number of aromatic nitrogens is 2.